The summed E-state index contributed by atoms with van der Waals surface area (Å²) in [5.74, 6) is 0.329. The Morgan fingerprint density at radius 1 is 1.16 bits per heavy atom. The number of rotatable bonds is 3. The van der Waals surface area contributed by atoms with Gasteiger partial charge in [-0.3, -0.25) is 4.79 Å². The molecule has 2 aromatic rings. The number of nitrogens with zero attached hydrogens (tertiary/aromatic N) is 1. The van der Waals surface area contributed by atoms with Crippen LogP contribution >= 0.6 is 0 Å². The van der Waals surface area contributed by atoms with E-state index in [0.717, 1.165) is 18.7 Å². The number of benzene rings is 1. The molecule has 0 saturated carbocycles. The van der Waals surface area contributed by atoms with Crippen molar-refractivity contribution in [2.45, 2.75) is 18.9 Å². The van der Waals surface area contributed by atoms with E-state index in [4.69, 9.17) is 5.73 Å². The van der Waals surface area contributed by atoms with Gasteiger partial charge in [-0.2, -0.15) is 0 Å². The summed E-state index contributed by atoms with van der Waals surface area (Å²) in [7, 11) is 0. The highest BCUT2D eigenvalue weighted by Gasteiger charge is 2.20. The number of amides is 1. The van der Waals surface area contributed by atoms with Crippen LogP contribution in [0.3, 0.4) is 0 Å². The van der Waals surface area contributed by atoms with Crippen molar-refractivity contribution in [1.29, 1.82) is 0 Å². The number of hydrogen-bond acceptors (Lipinski definition) is 3. The van der Waals surface area contributed by atoms with E-state index in [1.54, 1.807) is 12.1 Å². The van der Waals surface area contributed by atoms with Crippen molar-refractivity contribution >= 4 is 11.7 Å². The first-order valence-corrected chi connectivity index (χ1v) is 6.31. The molecule has 19 heavy (non-hydrogen) atoms. The zero-order valence-corrected chi connectivity index (χ0v) is 10.5. The Balaban J connectivity index is 1.69. The number of carbonyl (C=O) groups excluding carboxylic acids is 1. The largest absolute Gasteiger partial charge is 0.367 e. The Morgan fingerprint density at radius 3 is 2.37 bits per heavy atom. The molecule has 3 rings (SSSR count). The lowest BCUT2D eigenvalue weighted by molar-refractivity contribution is 0.1000. The number of pyridine rings is 1. The molecule has 1 aliphatic carbocycles. The minimum absolute atomic E-state index is 0.365. The molecule has 1 heterocycles. The quantitative estimate of drug-likeness (QED) is 0.875. The van der Waals surface area contributed by atoms with Gasteiger partial charge in [0, 0.05) is 12.2 Å². The van der Waals surface area contributed by atoms with Gasteiger partial charge in [0.1, 0.15) is 5.82 Å². The zero-order chi connectivity index (χ0) is 13.2. The smallest absolute Gasteiger partial charge is 0.250 e. The second-order valence-corrected chi connectivity index (χ2v) is 4.81. The van der Waals surface area contributed by atoms with E-state index < -0.39 is 5.91 Å². The number of anilines is 1. The van der Waals surface area contributed by atoms with Gasteiger partial charge >= 0.3 is 0 Å². The number of nitrogens with one attached hydrogen (secondary N) is 1. The van der Waals surface area contributed by atoms with Crippen LogP contribution in [0.2, 0.25) is 0 Å². The van der Waals surface area contributed by atoms with Crippen molar-refractivity contribution in [3.63, 3.8) is 0 Å². The average Bonchev–Trinajstić information content (AvgIpc) is 2.81. The van der Waals surface area contributed by atoms with Gasteiger partial charge in [-0.25, -0.2) is 4.98 Å². The Kier molecular flexibility index (Phi) is 2.91. The summed E-state index contributed by atoms with van der Waals surface area (Å²) in [4.78, 5) is 15.2. The third-order valence-electron chi connectivity index (χ3n) is 3.45. The normalized spacial score (nSPS) is 14.1. The van der Waals surface area contributed by atoms with Crippen LogP contribution < -0.4 is 11.1 Å². The summed E-state index contributed by atoms with van der Waals surface area (Å²) < 4.78 is 0. The van der Waals surface area contributed by atoms with Gasteiger partial charge in [0.15, 0.2) is 0 Å². The van der Waals surface area contributed by atoms with Gasteiger partial charge in [-0.05, 0) is 36.1 Å². The van der Waals surface area contributed by atoms with Crippen molar-refractivity contribution in [3.8, 4) is 0 Å². The van der Waals surface area contributed by atoms with E-state index in [0.29, 0.717) is 11.6 Å². The van der Waals surface area contributed by atoms with E-state index in [-0.39, 0.29) is 0 Å². The Hall–Kier alpha value is -2.36. The van der Waals surface area contributed by atoms with Crippen LogP contribution in [0, 0.1) is 0 Å². The molecule has 0 aliphatic heterocycles. The van der Waals surface area contributed by atoms with Crippen LogP contribution in [0.1, 0.15) is 21.5 Å². The maximum absolute atomic E-state index is 11.0. The first kappa shape index (κ1) is 11.7. The molecule has 4 heteroatoms. The molecule has 0 bridgehead atoms. The topological polar surface area (TPSA) is 68.0 Å². The lowest BCUT2D eigenvalue weighted by Gasteiger charge is -2.12. The molecular formula is C15H15N3O. The predicted molar refractivity (Wildman–Crippen MR) is 74.0 cm³/mol. The molecule has 4 nitrogen and oxygen atoms in total. The lowest BCUT2D eigenvalue weighted by atomic mass is 10.1. The predicted octanol–water partition coefficient (Wildman–Crippen LogP) is 1.76. The minimum Gasteiger partial charge on any atom is -0.367 e. The summed E-state index contributed by atoms with van der Waals surface area (Å²) in [5.41, 5.74) is 8.41. The number of nitrogens with two attached hydrogens (primary N) is 1. The molecule has 0 unspecified atom stereocenters. The summed E-state index contributed by atoms with van der Waals surface area (Å²) in [6.07, 6.45) is 3.53. The van der Waals surface area contributed by atoms with Crippen LogP contribution in [0.15, 0.2) is 42.6 Å². The molecule has 0 saturated heterocycles. The molecule has 0 fully saturated rings. The van der Waals surface area contributed by atoms with Crippen LogP contribution in [0.4, 0.5) is 5.82 Å². The SMILES string of the molecule is NC(=O)c1ccc(NC2Cc3ccccc3C2)nc1. The Bertz CT molecular complexity index is 582. The number of aromatic nitrogens is 1. The molecule has 1 aliphatic rings. The fourth-order valence-corrected chi connectivity index (χ4v) is 2.50. The molecule has 96 valence electrons. The Morgan fingerprint density at radius 2 is 1.84 bits per heavy atom. The van der Waals surface area contributed by atoms with Crippen LogP contribution in [-0.4, -0.2) is 16.9 Å². The molecule has 1 amide bonds. The summed E-state index contributed by atoms with van der Waals surface area (Å²) in [6.45, 7) is 0. The van der Waals surface area contributed by atoms with Crippen molar-refractivity contribution in [2.75, 3.05) is 5.32 Å². The van der Waals surface area contributed by atoms with Crippen molar-refractivity contribution in [1.82, 2.24) is 4.98 Å². The summed E-state index contributed by atoms with van der Waals surface area (Å²) in [5, 5.41) is 3.39. The molecule has 0 radical (unpaired) electrons. The van der Waals surface area contributed by atoms with Gasteiger partial charge in [0.05, 0.1) is 5.56 Å². The number of hydrogen-bond donors (Lipinski definition) is 2. The fraction of sp³-hybridized carbons (Fsp3) is 0.200. The monoisotopic (exact) mass is 253 g/mol. The molecule has 1 aromatic carbocycles. The number of carbonyl (C=O) groups is 1. The van der Waals surface area contributed by atoms with Gasteiger partial charge < -0.3 is 11.1 Å². The third-order valence-corrected chi connectivity index (χ3v) is 3.45. The van der Waals surface area contributed by atoms with Gasteiger partial charge in [-0.15, -0.1) is 0 Å². The molecule has 0 spiro atoms. The first-order valence-electron chi connectivity index (χ1n) is 6.31. The first-order chi connectivity index (χ1) is 9.22. The van der Waals surface area contributed by atoms with Crippen LogP contribution in [0.5, 0.6) is 0 Å². The fourth-order valence-electron chi connectivity index (χ4n) is 2.50. The van der Waals surface area contributed by atoms with Crippen molar-refractivity contribution in [3.05, 3.63) is 59.3 Å². The Labute approximate surface area is 111 Å². The second-order valence-electron chi connectivity index (χ2n) is 4.81. The summed E-state index contributed by atoms with van der Waals surface area (Å²) >= 11 is 0. The number of fused-ring (bicyclic) bond motifs is 1. The molecule has 0 atom stereocenters. The summed E-state index contributed by atoms with van der Waals surface area (Å²) in [6, 6.07) is 12.3. The zero-order valence-electron chi connectivity index (χ0n) is 10.5. The maximum Gasteiger partial charge on any atom is 0.250 e. The minimum atomic E-state index is -0.452. The lowest BCUT2D eigenvalue weighted by Crippen LogP contribution is -2.20. The van der Waals surface area contributed by atoms with Crippen molar-refractivity contribution < 1.29 is 4.79 Å². The molecular weight excluding hydrogens is 238 g/mol. The highest BCUT2D eigenvalue weighted by Crippen LogP contribution is 2.23. The van der Waals surface area contributed by atoms with E-state index in [1.165, 1.54) is 17.3 Å². The van der Waals surface area contributed by atoms with Gasteiger partial charge in [-0.1, -0.05) is 24.3 Å². The molecule has 3 N–H and O–H groups in total. The highest BCUT2D eigenvalue weighted by atomic mass is 16.1. The van der Waals surface area contributed by atoms with Gasteiger partial charge in [0.2, 0.25) is 5.91 Å². The van der Waals surface area contributed by atoms with Crippen LogP contribution in [0.25, 0.3) is 0 Å². The second kappa shape index (κ2) is 4.72. The maximum atomic E-state index is 11.0. The van der Waals surface area contributed by atoms with E-state index in [9.17, 15) is 4.79 Å². The van der Waals surface area contributed by atoms with E-state index >= 15 is 0 Å². The number of primary amides is 1. The van der Waals surface area contributed by atoms with Gasteiger partial charge in [0.25, 0.3) is 0 Å². The standard InChI is InChI=1S/C15H15N3O/c16-15(19)12-5-6-14(17-9-12)18-13-7-10-3-1-2-4-11(10)8-13/h1-6,9,13H,7-8H2,(H2,16,19)(H,17,18). The molecule has 1 aromatic heterocycles. The third kappa shape index (κ3) is 2.42. The van der Waals surface area contributed by atoms with Crippen molar-refractivity contribution in [2.24, 2.45) is 5.73 Å². The van der Waals surface area contributed by atoms with E-state index in [1.807, 2.05) is 0 Å². The van der Waals surface area contributed by atoms with E-state index in [2.05, 4.69) is 34.6 Å². The highest BCUT2D eigenvalue weighted by molar-refractivity contribution is 5.92. The van der Waals surface area contributed by atoms with Crippen LogP contribution in [-0.2, 0) is 12.8 Å². The average molecular weight is 253 g/mol.